The third-order valence-electron chi connectivity index (χ3n) is 8.02. The van der Waals surface area contributed by atoms with Gasteiger partial charge in [-0.15, -0.1) is 0 Å². The molecule has 3 aromatic rings. The van der Waals surface area contributed by atoms with Crippen LogP contribution in [-0.4, -0.2) is 66.0 Å². The molecule has 10 heteroatoms. The molecule has 0 aromatic heterocycles. The van der Waals surface area contributed by atoms with Crippen LogP contribution in [0, 0.1) is 0 Å². The first-order valence-corrected chi connectivity index (χ1v) is 15.2. The van der Waals surface area contributed by atoms with Crippen LogP contribution in [0.1, 0.15) is 60.3 Å². The summed E-state index contributed by atoms with van der Waals surface area (Å²) < 4.78 is 18.7. The summed E-state index contributed by atoms with van der Waals surface area (Å²) in [6.45, 7) is 4.40. The molecule has 2 amide bonds. The fourth-order valence-corrected chi connectivity index (χ4v) is 5.58. The van der Waals surface area contributed by atoms with Gasteiger partial charge in [-0.05, 0) is 46.4 Å². The Morgan fingerprint density at radius 1 is 0.841 bits per heavy atom. The summed E-state index contributed by atoms with van der Waals surface area (Å²) in [7, 11) is 0. The molecule has 44 heavy (non-hydrogen) atoms. The highest BCUT2D eigenvalue weighted by Crippen LogP contribution is 2.39. The largest absolute Gasteiger partial charge is 0.392 e. The van der Waals surface area contributed by atoms with Crippen molar-refractivity contribution in [2.24, 2.45) is 0 Å². The third kappa shape index (κ3) is 8.95. The van der Waals surface area contributed by atoms with E-state index in [0.717, 1.165) is 72.6 Å². The average molecular weight is 604 g/mol. The molecule has 0 unspecified atom stereocenters. The zero-order chi connectivity index (χ0) is 30.7. The van der Waals surface area contributed by atoms with Crippen molar-refractivity contribution in [3.63, 3.8) is 0 Å². The zero-order valence-electron chi connectivity index (χ0n) is 24.8. The van der Waals surface area contributed by atoms with Gasteiger partial charge in [0.15, 0.2) is 6.29 Å². The Morgan fingerprint density at radius 2 is 1.57 bits per heavy atom. The number of hydrogen-bond donors (Lipinski definition) is 4. The van der Waals surface area contributed by atoms with Crippen molar-refractivity contribution in [3.8, 4) is 11.1 Å². The van der Waals surface area contributed by atoms with E-state index in [2.05, 4.69) is 16.3 Å². The molecule has 3 aromatic carbocycles. The van der Waals surface area contributed by atoms with Crippen LogP contribution < -0.4 is 10.8 Å². The molecule has 0 bridgehead atoms. The Balaban J connectivity index is 1.28. The summed E-state index contributed by atoms with van der Waals surface area (Å²) in [4.78, 5) is 25.8. The third-order valence-corrected chi connectivity index (χ3v) is 8.02. The van der Waals surface area contributed by atoms with Crippen molar-refractivity contribution in [3.05, 3.63) is 95.1 Å². The molecule has 2 saturated heterocycles. The van der Waals surface area contributed by atoms with E-state index in [0.29, 0.717) is 13.0 Å². The van der Waals surface area contributed by atoms with Crippen molar-refractivity contribution >= 4 is 11.8 Å². The molecule has 2 fully saturated rings. The number of hydroxylamine groups is 1. The summed E-state index contributed by atoms with van der Waals surface area (Å²) in [5.74, 6) is -0.654. The van der Waals surface area contributed by atoms with Crippen molar-refractivity contribution in [1.82, 2.24) is 15.7 Å². The van der Waals surface area contributed by atoms with Crippen LogP contribution in [0.2, 0.25) is 0 Å². The Morgan fingerprint density at radius 3 is 2.32 bits per heavy atom. The second-order valence-corrected chi connectivity index (χ2v) is 11.3. The maximum Gasteiger partial charge on any atom is 0.243 e. The van der Waals surface area contributed by atoms with Crippen molar-refractivity contribution < 1.29 is 34.1 Å². The lowest BCUT2D eigenvalue weighted by molar-refractivity contribution is -0.253. The maximum absolute atomic E-state index is 12.2. The number of hydrogen-bond acceptors (Lipinski definition) is 8. The van der Waals surface area contributed by atoms with Gasteiger partial charge in [-0.3, -0.25) is 19.7 Å². The first-order chi connectivity index (χ1) is 21.5. The number of carbonyl (C=O) groups excluding carboxylic acids is 2. The molecule has 0 radical (unpaired) electrons. The van der Waals surface area contributed by atoms with Crippen molar-refractivity contribution in [2.45, 2.75) is 57.3 Å². The number of aliphatic hydroxyl groups excluding tert-OH is 1. The topological polar surface area (TPSA) is 130 Å². The lowest BCUT2D eigenvalue weighted by Crippen LogP contribution is -2.44. The molecule has 0 spiro atoms. The second kappa shape index (κ2) is 15.9. The van der Waals surface area contributed by atoms with Gasteiger partial charge in [-0.2, -0.15) is 0 Å². The van der Waals surface area contributed by atoms with Gasteiger partial charge in [0.05, 0.1) is 32.0 Å². The van der Waals surface area contributed by atoms with Gasteiger partial charge in [0.2, 0.25) is 11.8 Å². The SMILES string of the molecule is O=C(CCCC(=O)NCc1cccc(-c2cccc([C@H]3O[C@@H](CN4CCOCC4)C[C@@H](c4ccc(CO)cc4)O3)c2)c1)NO. The molecule has 0 aliphatic carbocycles. The lowest BCUT2D eigenvalue weighted by Gasteiger charge is -2.39. The van der Waals surface area contributed by atoms with E-state index in [9.17, 15) is 14.7 Å². The molecular formula is C34H41N3O7. The van der Waals surface area contributed by atoms with Crippen LogP contribution >= 0.6 is 0 Å². The van der Waals surface area contributed by atoms with E-state index < -0.39 is 12.2 Å². The van der Waals surface area contributed by atoms with Gasteiger partial charge >= 0.3 is 0 Å². The van der Waals surface area contributed by atoms with E-state index in [1.54, 1.807) is 5.48 Å². The molecule has 2 aliphatic rings. The molecule has 0 saturated carbocycles. The Kier molecular flexibility index (Phi) is 11.5. The molecule has 10 nitrogen and oxygen atoms in total. The van der Waals surface area contributed by atoms with Crippen LogP contribution in [0.25, 0.3) is 11.1 Å². The molecule has 3 atom stereocenters. The van der Waals surface area contributed by atoms with Crippen LogP contribution in [0.4, 0.5) is 0 Å². The predicted molar refractivity (Wildman–Crippen MR) is 163 cm³/mol. The summed E-state index contributed by atoms with van der Waals surface area (Å²) in [5, 5.41) is 21.0. The first kappa shape index (κ1) is 31.8. The van der Waals surface area contributed by atoms with Gasteiger partial charge in [0, 0.05) is 51.0 Å². The minimum Gasteiger partial charge on any atom is -0.392 e. The maximum atomic E-state index is 12.2. The number of carbonyl (C=O) groups is 2. The number of nitrogens with zero attached hydrogens (tertiary/aromatic N) is 1. The van der Waals surface area contributed by atoms with Crippen molar-refractivity contribution in [1.29, 1.82) is 0 Å². The summed E-state index contributed by atoms with van der Waals surface area (Å²) in [6.07, 6.45) is 0.661. The fraction of sp³-hybridized carbons (Fsp3) is 0.412. The molecule has 234 valence electrons. The highest BCUT2D eigenvalue weighted by molar-refractivity contribution is 5.78. The quantitative estimate of drug-likeness (QED) is 0.181. The Bertz CT molecular complexity index is 1380. The molecular weight excluding hydrogens is 562 g/mol. The highest BCUT2D eigenvalue weighted by atomic mass is 16.7. The minimum atomic E-state index is -0.548. The summed E-state index contributed by atoms with van der Waals surface area (Å²) in [6, 6.07) is 24.1. The van der Waals surface area contributed by atoms with Crippen LogP contribution in [0.5, 0.6) is 0 Å². The van der Waals surface area contributed by atoms with Crippen molar-refractivity contribution in [2.75, 3.05) is 32.8 Å². The Hall–Kier alpha value is -3.64. The number of nitrogens with one attached hydrogen (secondary N) is 2. The predicted octanol–water partition coefficient (Wildman–Crippen LogP) is 4.02. The summed E-state index contributed by atoms with van der Waals surface area (Å²) >= 11 is 0. The monoisotopic (exact) mass is 603 g/mol. The number of morpholine rings is 1. The Labute approximate surface area is 257 Å². The van der Waals surface area contributed by atoms with Gasteiger partial charge in [-0.25, -0.2) is 5.48 Å². The second-order valence-electron chi connectivity index (χ2n) is 11.3. The smallest absolute Gasteiger partial charge is 0.243 e. The molecule has 5 rings (SSSR count). The molecule has 4 N–H and O–H groups in total. The van der Waals surface area contributed by atoms with Crippen LogP contribution in [0.3, 0.4) is 0 Å². The standard InChI is InChI=1S/C34H41N3O7/c38-23-24-10-12-26(13-11-24)31-20-30(22-37-14-16-42-17-15-37)43-34(44-31)29-7-2-6-28(19-29)27-5-1-4-25(18-27)21-35-32(39)8-3-9-33(40)36-41/h1-2,4-7,10-13,18-19,30-31,34,38,41H,3,8-9,14-17,20-23H2,(H,35,39)(H,36,40)/t30-,31+,34+/m1/s1. The van der Waals surface area contributed by atoms with E-state index in [1.165, 1.54) is 0 Å². The average Bonchev–Trinajstić information content (AvgIpc) is 3.08. The number of amides is 2. The summed E-state index contributed by atoms with van der Waals surface area (Å²) in [5.41, 5.74) is 7.40. The van der Waals surface area contributed by atoms with Gasteiger partial charge < -0.3 is 24.6 Å². The van der Waals surface area contributed by atoms with Gasteiger partial charge in [0.25, 0.3) is 0 Å². The normalized spacial score (nSPS) is 20.6. The number of rotatable bonds is 12. The zero-order valence-corrected chi connectivity index (χ0v) is 24.8. The first-order valence-electron chi connectivity index (χ1n) is 15.2. The van der Waals surface area contributed by atoms with E-state index in [-0.39, 0.29) is 37.6 Å². The van der Waals surface area contributed by atoms with Crippen LogP contribution in [0.15, 0.2) is 72.8 Å². The number of ether oxygens (including phenoxy) is 3. The molecule has 2 aliphatic heterocycles. The van der Waals surface area contributed by atoms with Gasteiger partial charge in [0.1, 0.15) is 0 Å². The van der Waals surface area contributed by atoms with E-state index >= 15 is 0 Å². The van der Waals surface area contributed by atoms with E-state index in [4.69, 9.17) is 19.4 Å². The number of aliphatic hydroxyl groups is 1. The highest BCUT2D eigenvalue weighted by Gasteiger charge is 2.33. The molecule has 2 heterocycles. The number of benzene rings is 3. The minimum absolute atomic E-state index is 0.00304. The fourth-order valence-electron chi connectivity index (χ4n) is 5.58. The van der Waals surface area contributed by atoms with E-state index in [1.807, 2.05) is 66.7 Å². The van der Waals surface area contributed by atoms with Gasteiger partial charge in [-0.1, -0.05) is 60.7 Å². The lowest BCUT2D eigenvalue weighted by atomic mass is 9.98. The van der Waals surface area contributed by atoms with Crippen LogP contribution in [-0.2, 0) is 37.0 Å².